The minimum Gasteiger partial charge on any atom is -0.461 e. The average molecular weight is 497 g/mol. The van der Waals surface area contributed by atoms with Gasteiger partial charge in [-0.1, -0.05) is 30.3 Å². The second kappa shape index (κ2) is 9.86. The summed E-state index contributed by atoms with van der Waals surface area (Å²) >= 11 is 2.46. The van der Waals surface area contributed by atoms with Crippen LogP contribution >= 0.6 is 22.7 Å². The van der Waals surface area contributed by atoms with Crippen LogP contribution < -0.4 is 10.5 Å². The van der Waals surface area contributed by atoms with Gasteiger partial charge in [-0.15, -0.1) is 22.7 Å². The molecule has 3 aromatic heterocycles. The highest BCUT2D eigenvalue weighted by atomic mass is 32.1. The molecule has 0 aliphatic rings. The summed E-state index contributed by atoms with van der Waals surface area (Å²) in [5, 5.41) is 0.864. The van der Waals surface area contributed by atoms with E-state index in [-0.39, 0.29) is 23.8 Å². The van der Waals surface area contributed by atoms with Gasteiger partial charge >= 0.3 is 5.97 Å². The molecule has 4 rings (SSSR count). The van der Waals surface area contributed by atoms with Crippen molar-refractivity contribution in [3.63, 3.8) is 0 Å². The van der Waals surface area contributed by atoms with Gasteiger partial charge in [0.05, 0.1) is 23.2 Å². The number of thiazole rings is 1. The molecule has 0 unspecified atom stereocenters. The minimum atomic E-state index is -0.510. The standard InChI is InChI=1S/C24H24N4O4S2/c1-5-32-23(31)18-15(3)33-24(26-18)28(12-11-16-9-7-6-8-10-16)22(30)19-14(2)17-20(34-19)25-13-27(4)21(17)29/h6-10,13H,5,11-12H2,1-4H3. The van der Waals surface area contributed by atoms with Crippen LogP contribution in [0.1, 0.15) is 43.1 Å². The molecule has 0 aliphatic carbocycles. The Labute approximate surface area is 204 Å². The number of hydrogen-bond acceptors (Lipinski definition) is 8. The van der Waals surface area contributed by atoms with Gasteiger partial charge in [-0.3, -0.25) is 14.5 Å². The van der Waals surface area contributed by atoms with Crippen molar-refractivity contribution in [2.45, 2.75) is 27.2 Å². The summed E-state index contributed by atoms with van der Waals surface area (Å²) in [4.78, 5) is 50.8. The number of amides is 1. The van der Waals surface area contributed by atoms with Crippen molar-refractivity contribution < 1.29 is 14.3 Å². The number of aryl methyl sites for hydroxylation is 3. The highest BCUT2D eigenvalue weighted by molar-refractivity contribution is 7.21. The van der Waals surface area contributed by atoms with Gasteiger partial charge in [0.1, 0.15) is 4.83 Å². The largest absolute Gasteiger partial charge is 0.461 e. The number of nitrogens with zero attached hydrogens (tertiary/aromatic N) is 4. The Bertz CT molecular complexity index is 1420. The molecule has 3 heterocycles. The van der Waals surface area contributed by atoms with Gasteiger partial charge in [-0.05, 0) is 38.3 Å². The summed E-state index contributed by atoms with van der Waals surface area (Å²) in [6.45, 7) is 5.88. The third kappa shape index (κ3) is 4.51. The second-order valence-electron chi connectivity index (χ2n) is 7.71. The van der Waals surface area contributed by atoms with Crippen LogP contribution in [0.3, 0.4) is 0 Å². The predicted octanol–water partition coefficient (Wildman–Crippen LogP) is 4.13. The minimum absolute atomic E-state index is 0.191. The van der Waals surface area contributed by atoms with Gasteiger partial charge in [0, 0.05) is 18.5 Å². The molecule has 0 atom stereocenters. The Balaban J connectivity index is 1.76. The lowest BCUT2D eigenvalue weighted by Gasteiger charge is -2.19. The van der Waals surface area contributed by atoms with E-state index in [0.29, 0.717) is 43.6 Å². The molecule has 4 aromatic rings. The van der Waals surface area contributed by atoms with Crippen molar-refractivity contribution in [2.24, 2.45) is 7.05 Å². The lowest BCUT2D eigenvalue weighted by molar-refractivity contribution is 0.0519. The van der Waals surface area contributed by atoms with Gasteiger partial charge in [0.15, 0.2) is 10.8 Å². The van der Waals surface area contributed by atoms with Gasteiger partial charge in [0.2, 0.25) is 0 Å². The summed E-state index contributed by atoms with van der Waals surface area (Å²) in [6.07, 6.45) is 2.06. The summed E-state index contributed by atoms with van der Waals surface area (Å²) in [6, 6.07) is 9.84. The van der Waals surface area contributed by atoms with Crippen LogP contribution in [0.5, 0.6) is 0 Å². The maximum absolute atomic E-state index is 13.8. The van der Waals surface area contributed by atoms with Crippen LogP contribution in [-0.4, -0.2) is 39.6 Å². The van der Waals surface area contributed by atoms with Gasteiger partial charge in [-0.25, -0.2) is 14.8 Å². The first-order valence-corrected chi connectivity index (χ1v) is 12.4. The van der Waals surface area contributed by atoms with E-state index in [1.807, 2.05) is 30.3 Å². The van der Waals surface area contributed by atoms with E-state index in [0.717, 1.165) is 5.56 Å². The molecule has 0 aliphatic heterocycles. The summed E-state index contributed by atoms with van der Waals surface area (Å²) in [5.74, 6) is -0.786. The maximum Gasteiger partial charge on any atom is 0.358 e. The zero-order valence-electron chi connectivity index (χ0n) is 19.3. The quantitative estimate of drug-likeness (QED) is 0.357. The molecule has 0 spiro atoms. The first-order valence-electron chi connectivity index (χ1n) is 10.8. The molecule has 8 nitrogen and oxygen atoms in total. The molecular weight excluding hydrogens is 472 g/mol. The molecule has 0 fully saturated rings. The first kappa shape index (κ1) is 23.8. The molecule has 34 heavy (non-hydrogen) atoms. The molecule has 10 heteroatoms. The topological polar surface area (TPSA) is 94.4 Å². The van der Waals surface area contributed by atoms with Crippen molar-refractivity contribution in [2.75, 3.05) is 18.1 Å². The number of ether oxygens (including phenoxy) is 1. The van der Waals surface area contributed by atoms with E-state index in [4.69, 9.17) is 4.74 Å². The van der Waals surface area contributed by atoms with Crippen LogP contribution in [0.25, 0.3) is 10.2 Å². The van der Waals surface area contributed by atoms with Crippen LogP contribution in [0.4, 0.5) is 5.13 Å². The zero-order valence-corrected chi connectivity index (χ0v) is 21.0. The monoisotopic (exact) mass is 496 g/mol. The van der Waals surface area contributed by atoms with E-state index in [2.05, 4.69) is 9.97 Å². The third-order valence-electron chi connectivity index (χ3n) is 5.40. The van der Waals surface area contributed by atoms with Crippen molar-refractivity contribution in [1.82, 2.24) is 14.5 Å². The van der Waals surface area contributed by atoms with Crippen LogP contribution in [0.15, 0.2) is 41.5 Å². The number of benzene rings is 1. The fraction of sp³-hybridized carbons (Fsp3) is 0.292. The van der Waals surface area contributed by atoms with Crippen LogP contribution in [-0.2, 0) is 18.2 Å². The number of anilines is 1. The maximum atomic E-state index is 13.8. The molecule has 0 saturated heterocycles. The highest BCUT2D eigenvalue weighted by Crippen LogP contribution is 2.32. The summed E-state index contributed by atoms with van der Waals surface area (Å²) in [5.41, 5.74) is 1.69. The number of thiophene rings is 1. The zero-order chi connectivity index (χ0) is 24.4. The van der Waals surface area contributed by atoms with Gasteiger partial charge < -0.3 is 9.30 Å². The Morgan fingerprint density at radius 1 is 1.15 bits per heavy atom. The number of carbonyl (C=O) groups excluding carboxylic acids is 2. The van der Waals surface area contributed by atoms with Crippen LogP contribution in [0.2, 0.25) is 0 Å². The molecule has 0 N–H and O–H groups in total. The molecule has 176 valence electrons. The molecular formula is C24H24N4O4S2. The lowest BCUT2D eigenvalue weighted by atomic mass is 10.1. The Morgan fingerprint density at radius 3 is 2.59 bits per heavy atom. The highest BCUT2D eigenvalue weighted by Gasteiger charge is 2.28. The average Bonchev–Trinajstić information content (AvgIpc) is 3.37. The van der Waals surface area contributed by atoms with Gasteiger partial charge in [-0.2, -0.15) is 0 Å². The van der Waals surface area contributed by atoms with E-state index in [9.17, 15) is 14.4 Å². The molecule has 0 radical (unpaired) electrons. The Morgan fingerprint density at radius 2 is 1.88 bits per heavy atom. The summed E-state index contributed by atoms with van der Waals surface area (Å²) < 4.78 is 6.52. The first-order chi connectivity index (χ1) is 16.3. The van der Waals surface area contributed by atoms with E-state index >= 15 is 0 Å². The number of rotatable bonds is 7. The second-order valence-corrected chi connectivity index (χ2v) is 9.89. The number of carbonyl (C=O) groups is 2. The predicted molar refractivity (Wildman–Crippen MR) is 134 cm³/mol. The number of hydrogen-bond donors (Lipinski definition) is 0. The number of esters is 1. The lowest BCUT2D eigenvalue weighted by Crippen LogP contribution is -2.33. The molecule has 1 aromatic carbocycles. The Hall–Kier alpha value is -3.37. The van der Waals surface area contributed by atoms with Gasteiger partial charge in [0.25, 0.3) is 11.5 Å². The van der Waals surface area contributed by atoms with E-state index in [1.165, 1.54) is 33.6 Å². The molecule has 1 amide bonds. The van der Waals surface area contributed by atoms with E-state index < -0.39 is 5.97 Å². The van der Waals surface area contributed by atoms with Crippen LogP contribution in [0, 0.1) is 13.8 Å². The fourth-order valence-electron chi connectivity index (χ4n) is 3.59. The number of fused-ring (bicyclic) bond motifs is 1. The van der Waals surface area contributed by atoms with Crippen molar-refractivity contribution in [3.05, 3.63) is 73.6 Å². The van der Waals surface area contributed by atoms with Crippen molar-refractivity contribution in [3.8, 4) is 0 Å². The molecule has 0 bridgehead atoms. The molecule has 0 saturated carbocycles. The summed E-state index contributed by atoms with van der Waals surface area (Å²) in [7, 11) is 1.63. The third-order valence-corrected chi connectivity index (χ3v) is 7.58. The van der Waals surface area contributed by atoms with Crippen molar-refractivity contribution >= 4 is 49.9 Å². The number of aromatic nitrogens is 3. The van der Waals surface area contributed by atoms with Crippen molar-refractivity contribution in [1.29, 1.82) is 0 Å². The SMILES string of the molecule is CCOC(=O)c1nc(N(CCc2ccccc2)C(=O)c2sc3ncn(C)c(=O)c3c2C)sc1C. The Kier molecular flexibility index (Phi) is 6.90. The van der Waals surface area contributed by atoms with E-state index in [1.54, 1.807) is 32.7 Å². The fourth-order valence-corrected chi connectivity index (χ4v) is 5.60. The smallest absolute Gasteiger partial charge is 0.358 e. The normalized spacial score (nSPS) is 11.1.